The summed E-state index contributed by atoms with van der Waals surface area (Å²) in [5, 5.41) is 9.79. The third-order valence-electron chi connectivity index (χ3n) is 5.09. The smallest absolute Gasteiger partial charge is 0.262 e. The van der Waals surface area contributed by atoms with Crippen molar-refractivity contribution in [3.8, 4) is 0 Å². The van der Waals surface area contributed by atoms with Crippen molar-refractivity contribution >= 4 is 34.2 Å². The number of hydrogen-bond donors (Lipinski definition) is 0. The van der Waals surface area contributed by atoms with Gasteiger partial charge in [0.15, 0.2) is 10.9 Å². The molecule has 6 nitrogen and oxygen atoms in total. The topological polar surface area (TPSA) is 69.3 Å². The Morgan fingerprint density at radius 2 is 1.86 bits per heavy atom. The van der Waals surface area contributed by atoms with E-state index in [1.165, 1.54) is 11.8 Å². The lowest BCUT2D eigenvalue weighted by Crippen LogP contribution is -2.23. The maximum atomic E-state index is 12.9. The molecule has 0 radical (unpaired) electrons. The summed E-state index contributed by atoms with van der Waals surface area (Å²) < 4.78 is 3.54. The van der Waals surface area contributed by atoms with Gasteiger partial charge in [-0.25, -0.2) is 0 Å². The van der Waals surface area contributed by atoms with Crippen LogP contribution < -0.4 is 5.56 Å². The van der Waals surface area contributed by atoms with E-state index in [0.29, 0.717) is 28.4 Å². The van der Waals surface area contributed by atoms with E-state index in [4.69, 9.17) is 0 Å². The summed E-state index contributed by atoms with van der Waals surface area (Å²) in [4.78, 5) is 25.6. The van der Waals surface area contributed by atoms with Crippen LogP contribution in [0.2, 0.25) is 0 Å². The van der Waals surface area contributed by atoms with E-state index in [-0.39, 0.29) is 17.1 Å². The fraction of sp³-hybridized carbons (Fsp3) is 0.273. The van der Waals surface area contributed by atoms with Crippen LogP contribution in [-0.4, -0.2) is 30.7 Å². The Bertz CT molecular complexity index is 1290. The molecule has 0 atom stereocenters. The molecular formula is C22H22N4O2S. The predicted octanol–water partition coefficient (Wildman–Crippen LogP) is 4.05. The van der Waals surface area contributed by atoms with E-state index in [2.05, 4.69) is 10.2 Å². The summed E-state index contributed by atoms with van der Waals surface area (Å²) in [5.74, 6) is 0.808. The fourth-order valence-electron chi connectivity index (χ4n) is 3.38. The van der Waals surface area contributed by atoms with Crippen LogP contribution in [0.3, 0.4) is 0 Å². The molecule has 2 heterocycles. The first-order valence-electron chi connectivity index (χ1n) is 9.61. The van der Waals surface area contributed by atoms with Crippen LogP contribution in [0.1, 0.15) is 34.8 Å². The van der Waals surface area contributed by atoms with E-state index in [9.17, 15) is 9.59 Å². The molecule has 7 heteroatoms. The highest BCUT2D eigenvalue weighted by Crippen LogP contribution is 2.23. The summed E-state index contributed by atoms with van der Waals surface area (Å²) >= 11 is 1.34. The number of thioether (sulfide) groups is 1. The minimum absolute atomic E-state index is 0.0426. The highest BCUT2D eigenvalue weighted by molar-refractivity contribution is 7.99. The molecule has 0 spiro atoms. The first-order valence-corrected chi connectivity index (χ1v) is 10.6. The standard InChI is InChI=1S/C22H22N4O2S/c1-4-11-25-20(28)17-7-5-6-8-18(17)26-21(25)23-24-22(26)29-13-19(27)16-10-9-14(2)15(3)12-16/h5-10,12H,4,11,13H2,1-3H3. The highest BCUT2D eigenvalue weighted by Gasteiger charge is 2.17. The van der Waals surface area contributed by atoms with Crippen LogP contribution in [0.15, 0.2) is 52.4 Å². The van der Waals surface area contributed by atoms with Gasteiger partial charge in [0.2, 0.25) is 5.78 Å². The van der Waals surface area contributed by atoms with Crippen LogP contribution >= 0.6 is 11.8 Å². The van der Waals surface area contributed by atoms with Crippen LogP contribution in [0, 0.1) is 13.8 Å². The monoisotopic (exact) mass is 406 g/mol. The van der Waals surface area contributed by atoms with Crippen LogP contribution in [0.4, 0.5) is 0 Å². The minimum Gasteiger partial charge on any atom is -0.293 e. The number of fused-ring (bicyclic) bond motifs is 3. The number of aryl methyl sites for hydroxylation is 3. The fourth-order valence-corrected chi connectivity index (χ4v) is 4.22. The molecule has 4 rings (SSSR count). The second-order valence-electron chi connectivity index (χ2n) is 7.10. The Kier molecular flexibility index (Phi) is 5.24. The molecule has 0 aliphatic carbocycles. The van der Waals surface area contributed by atoms with Gasteiger partial charge in [-0.3, -0.25) is 18.6 Å². The lowest BCUT2D eigenvalue weighted by atomic mass is 10.0. The molecule has 0 saturated heterocycles. The van der Waals surface area contributed by atoms with E-state index >= 15 is 0 Å². The number of carbonyl (C=O) groups is 1. The zero-order chi connectivity index (χ0) is 20.5. The number of nitrogens with zero attached hydrogens (tertiary/aromatic N) is 4. The Hall–Kier alpha value is -2.93. The van der Waals surface area contributed by atoms with Crippen LogP contribution in [-0.2, 0) is 6.54 Å². The van der Waals surface area contributed by atoms with Crippen LogP contribution in [0.25, 0.3) is 16.7 Å². The molecule has 0 fully saturated rings. The van der Waals surface area contributed by atoms with Gasteiger partial charge in [0.1, 0.15) is 0 Å². The maximum absolute atomic E-state index is 12.9. The molecule has 0 unspecified atom stereocenters. The van der Waals surface area contributed by atoms with Gasteiger partial charge in [0.25, 0.3) is 5.56 Å². The molecule has 4 aromatic rings. The van der Waals surface area contributed by atoms with Crippen molar-refractivity contribution in [2.75, 3.05) is 5.75 Å². The van der Waals surface area contributed by atoms with E-state index in [0.717, 1.165) is 23.1 Å². The van der Waals surface area contributed by atoms with Gasteiger partial charge in [-0.2, -0.15) is 0 Å². The molecule has 0 N–H and O–H groups in total. The lowest BCUT2D eigenvalue weighted by Gasteiger charge is -2.10. The highest BCUT2D eigenvalue weighted by atomic mass is 32.2. The summed E-state index contributed by atoms with van der Waals surface area (Å²) in [6, 6.07) is 13.2. The number of benzene rings is 2. The average molecular weight is 407 g/mol. The molecule has 29 heavy (non-hydrogen) atoms. The van der Waals surface area contributed by atoms with Gasteiger partial charge in [-0.15, -0.1) is 10.2 Å². The number of aromatic nitrogens is 4. The van der Waals surface area contributed by atoms with E-state index < -0.39 is 0 Å². The Balaban J connectivity index is 1.74. The number of hydrogen-bond acceptors (Lipinski definition) is 5. The molecule has 0 amide bonds. The number of Topliss-reactive ketones (excluding diaryl/α,β-unsaturated/α-hetero) is 1. The normalized spacial score (nSPS) is 11.4. The predicted molar refractivity (Wildman–Crippen MR) is 116 cm³/mol. The number of para-hydroxylation sites is 1. The van der Waals surface area contributed by atoms with Crippen molar-refractivity contribution in [3.63, 3.8) is 0 Å². The summed E-state index contributed by atoms with van der Waals surface area (Å²) in [7, 11) is 0. The maximum Gasteiger partial charge on any atom is 0.262 e. The molecule has 2 aromatic carbocycles. The largest absolute Gasteiger partial charge is 0.293 e. The Labute approximate surface area is 172 Å². The van der Waals surface area contributed by atoms with Gasteiger partial charge in [0, 0.05) is 12.1 Å². The second-order valence-corrected chi connectivity index (χ2v) is 8.05. The van der Waals surface area contributed by atoms with Crippen LogP contribution in [0.5, 0.6) is 0 Å². The quantitative estimate of drug-likeness (QED) is 0.357. The van der Waals surface area contributed by atoms with Gasteiger partial charge in [-0.1, -0.05) is 43.0 Å². The van der Waals surface area contributed by atoms with Gasteiger partial charge < -0.3 is 0 Å². The molecular weight excluding hydrogens is 384 g/mol. The molecule has 0 aliphatic heterocycles. The Morgan fingerprint density at radius 1 is 1.07 bits per heavy atom. The molecule has 0 bridgehead atoms. The van der Waals surface area contributed by atoms with E-state index in [1.54, 1.807) is 4.57 Å². The number of carbonyl (C=O) groups excluding carboxylic acids is 1. The minimum atomic E-state index is -0.0647. The first kappa shape index (κ1) is 19.4. The molecule has 2 aromatic heterocycles. The van der Waals surface area contributed by atoms with Gasteiger partial charge >= 0.3 is 0 Å². The molecule has 0 aliphatic rings. The second kappa shape index (κ2) is 7.83. The van der Waals surface area contributed by atoms with Crippen molar-refractivity contribution in [2.24, 2.45) is 0 Å². The van der Waals surface area contributed by atoms with Crippen molar-refractivity contribution in [1.82, 2.24) is 19.2 Å². The summed E-state index contributed by atoms with van der Waals surface area (Å²) in [5.41, 5.74) is 3.65. The third kappa shape index (κ3) is 3.46. The van der Waals surface area contributed by atoms with Crippen molar-refractivity contribution < 1.29 is 4.79 Å². The first-order chi connectivity index (χ1) is 14.0. The van der Waals surface area contributed by atoms with Crippen molar-refractivity contribution in [1.29, 1.82) is 0 Å². The summed E-state index contributed by atoms with van der Waals surface area (Å²) in [6.07, 6.45) is 0.814. The number of ketones is 1. The molecule has 0 saturated carbocycles. The van der Waals surface area contributed by atoms with Gasteiger partial charge in [0.05, 0.1) is 16.7 Å². The zero-order valence-electron chi connectivity index (χ0n) is 16.7. The van der Waals surface area contributed by atoms with Crippen molar-refractivity contribution in [3.05, 3.63) is 69.5 Å². The lowest BCUT2D eigenvalue weighted by molar-refractivity contribution is 0.102. The van der Waals surface area contributed by atoms with Crippen molar-refractivity contribution in [2.45, 2.75) is 38.9 Å². The zero-order valence-corrected chi connectivity index (χ0v) is 17.5. The SMILES string of the molecule is CCCn1c(=O)c2ccccc2n2c(SCC(=O)c3ccc(C)c(C)c3)nnc12. The van der Waals surface area contributed by atoms with Gasteiger partial charge in [-0.05, 0) is 49.6 Å². The molecule has 148 valence electrons. The Morgan fingerprint density at radius 3 is 2.62 bits per heavy atom. The third-order valence-corrected chi connectivity index (χ3v) is 6.02. The summed E-state index contributed by atoms with van der Waals surface area (Å²) in [6.45, 7) is 6.62. The average Bonchev–Trinajstić information content (AvgIpc) is 3.15. The number of rotatable bonds is 6. The van der Waals surface area contributed by atoms with E-state index in [1.807, 2.05) is 67.6 Å².